The van der Waals surface area contributed by atoms with Gasteiger partial charge in [-0.25, -0.2) is 8.42 Å². The van der Waals surface area contributed by atoms with Crippen LogP contribution in [0.4, 0.5) is 11.4 Å². The molecule has 0 saturated carbocycles. The van der Waals surface area contributed by atoms with Crippen LogP contribution in [0.2, 0.25) is 0 Å². The number of hydrogen-bond acceptors (Lipinski definition) is 7. The number of fused-ring (bicyclic) bond motifs is 1. The van der Waals surface area contributed by atoms with Crippen molar-refractivity contribution in [1.82, 2.24) is 4.90 Å². The van der Waals surface area contributed by atoms with Gasteiger partial charge in [0.25, 0.3) is 17.7 Å². The number of carbonyl (C=O) groups excluding carboxylic acids is 3. The van der Waals surface area contributed by atoms with Crippen molar-refractivity contribution in [3.63, 3.8) is 0 Å². The van der Waals surface area contributed by atoms with Crippen molar-refractivity contribution >= 4 is 61.6 Å². The number of amides is 3. The largest absolute Gasteiger partial charge is 0.744 e. The van der Waals surface area contributed by atoms with Crippen LogP contribution in [0.5, 0.6) is 0 Å². The van der Waals surface area contributed by atoms with Crippen molar-refractivity contribution in [1.29, 1.82) is 0 Å². The van der Waals surface area contributed by atoms with Gasteiger partial charge in [0.2, 0.25) is 0 Å². The van der Waals surface area contributed by atoms with Gasteiger partial charge in [-0.3, -0.25) is 19.3 Å². The molecule has 0 radical (unpaired) electrons. The lowest BCUT2D eigenvalue weighted by molar-refractivity contribution is -0.138. The maximum absolute atomic E-state index is 13.2. The summed E-state index contributed by atoms with van der Waals surface area (Å²) in [6.45, 7) is 1.82. The fourth-order valence-corrected chi connectivity index (χ4v) is 5.32. The summed E-state index contributed by atoms with van der Waals surface area (Å²) in [4.78, 5) is 39.7. The quantitative estimate of drug-likeness (QED) is 0.240. The molecule has 2 N–H and O–H groups in total. The number of benzene rings is 4. The highest BCUT2D eigenvalue weighted by molar-refractivity contribution is 7.86. The molecule has 5 rings (SSSR count). The fourth-order valence-electron chi connectivity index (χ4n) is 4.40. The van der Waals surface area contributed by atoms with Crippen LogP contribution in [0, 0.1) is 6.92 Å². The van der Waals surface area contributed by atoms with Crippen molar-refractivity contribution in [3.8, 4) is 0 Å². The Morgan fingerprint density at radius 1 is 0.875 bits per heavy atom. The topological polar surface area (TPSA) is 136 Å². The van der Waals surface area contributed by atoms with Gasteiger partial charge in [-0.2, -0.15) is 0 Å². The summed E-state index contributed by atoms with van der Waals surface area (Å²) in [7, 11) is -4.72. The summed E-state index contributed by atoms with van der Waals surface area (Å²) < 4.78 is 35.0. The van der Waals surface area contributed by atoms with Crippen LogP contribution in [0.25, 0.3) is 10.8 Å². The Balaban J connectivity index is 1.40. The van der Waals surface area contributed by atoms with Crippen LogP contribution in [-0.2, 0) is 26.3 Å². The first kappa shape index (κ1) is 27.1. The summed E-state index contributed by atoms with van der Waals surface area (Å²) in [6.07, 6.45) is 0. The Labute approximate surface area is 234 Å². The predicted molar refractivity (Wildman–Crippen MR) is 150 cm³/mol. The molecular formula is C29H21ClN3O6S-. The highest BCUT2D eigenvalue weighted by atomic mass is 35.5. The summed E-state index contributed by atoms with van der Waals surface area (Å²) in [5.41, 5.74) is 2.27. The molecule has 40 heavy (non-hydrogen) atoms. The normalized spacial score (nSPS) is 13.7. The number of nitrogens with zero attached hydrogens (tertiary/aromatic N) is 1. The standard InChI is InChI=1S/C29H22ClN3O6S/c1-17-13-14-19(27(34)32-22-11-5-10-21-20(22)9-6-12-24(21)40(37,38)39)15-23(17)31-26-25(30)28(35)33(29(26)36)16-18-7-3-2-4-8-18/h2-15,31H,16H2,1H3,(H,32,34)(H,37,38,39)/p-1. The van der Waals surface area contributed by atoms with E-state index in [0.717, 1.165) is 10.5 Å². The smallest absolute Gasteiger partial charge is 0.279 e. The summed E-state index contributed by atoms with van der Waals surface area (Å²) in [6, 6.07) is 22.6. The molecule has 0 aromatic heterocycles. The van der Waals surface area contributed by atoms with Gasteiger partial charge in [-0.1, -0.05) is 72.3 Å². The Kier molecular flexibility index (Phi) is 7.16. The second kappa shape index (κ2) is 10.6. The highest BCUT2D eigenvalue weighted by Crippen LogP contribution is 2.31. The molecule has 11 heteroatoms. The second-order valence-electron chi connectivity index (χ2n) is 9.09. The molecule has 4 aromatic rings. The lowest BCUT2D eigenvalue weighted by Gasteiger charge is -2.16. The second-order valence-corrected chi connectivity index (χ2v) is 10.8. The number of anilines is 2. The highest BCUT2D eigenvalue weighted by Gasteiger charge is 2.38. The molecular weight excluding hydrogens is 554 g/mol. The molecule has 1 heterocycles. The van der Waals surface area contributed by atoms with Crippen molar-refractivity contribution in [2.75, 3.05) is 10.6 Å². The third-order valence-corrected chi connectivity index (χ3v) is 7.70. The van der Waals surface area contributed by atoms with Crippen LogP contribution in [0.1, 0.15) is 21.5 Å². The van der Waals surface area contributed by atoms with Crippen LogP contribution in [-0.4, -0.2) is 35.6 Å². The van der Waals surface area contributed by atoms with Gasteiger partial charge in [0.15, 0.2) is 0 Å². The zero-order chi connectivity index (χ0) is 28.6. The van der Waals surface area contributed by atoms with E-state index >= 15 is 0 Å². The molecule has 0 bridgehead atoms. The summed E-state index contributed by atoms with van der Waals surface area (Å²) in [5.74, 6) is -1.74. The van der Waals surface area contributed by atoms with Gasteiger partial charge in [0.1, 0.15) is 20.8 Å². The number of nitrogens with one attached hydrogen (secondary N) is 2. The number of imide groups is 1. The van der Waals surface area contributed by atoms with E-state index in [1.807, 2.05) is 6.07 Å². The minimum absolute atomic E-state index is 0.0573. The third-order valence-electron chi connectivity index (χ3n) is 6.45. The number of aryl methyl sites for hydroxylation is 1. The maximum Gasteiger partial charge on any atom is 0.279 e. The van der Waals surface area contributed by atoms with Gasteiger partial charge in [-0.05, 0) is 42.3 Å². The summed E-state index contributed by atoms with van der Waals surface area (Å²) in [5, 5.41) is 5.98. The molecule has 0 spiro atoms. The molecule has 3 amide bonds. The van der Waals surface area contributed by atoms with Gasteiger partial charge in [0, 0.05) is 27.7 Å². The van der Waals surface area contributed by atoms with E-state index in [1.165, 1.54) is 30.3 Å². The van der Waals surface area contributed by atoms with E-state index in [4.69, 9.17) is 11.6 Å². The monoisotopic (exact) mass is 574 g/mol. The summed E-state index contributed by atoms with van der Waals surface area (Å²) >= 11 is 6.26. The minimum atomic E-state index is -4.72. The minimum Gasteiger partial charge on any atom is -0.744 e. The Morgan fingerprint density at radius 3 is 2.30 bits per heavy atom. The number of rotatable bonds is 7. The predicted octanol–water partition coefficient (Wildman–Crippen LogP) is 4.74. The average molecular weight is 575 g/mol. The number of carbonyl (C=O) groups is 3. The molecule has 0 aliphatic carbocycles. The third kappa shape index (κ3) is 5.20. The van der Waals surface area contributed by atoms with E-state index in [9.17, 15) is 27.4 Å². The van der Waals surface area contributed by atoms with Crippen molar-refractivity contribution in [2.45, 2.75) is 18.4 Å². The molecule has 0 atom stereocenters. The van der Waals surface area contributed by atoms with Crippen LogP contribution >= 0.6 is 11.6 Å². The zero-order valence-electron chi connectivity index (χ0n) is 21.0. The van der Waals surface area contributed by atoms with Gasteiger partial charge < -0.3 is 15.2 Å². The van der Waals surface area contributed by atoms with Crippen molar-refractivity contribution in [2.24, 2.45) is 0 Å². The van der Waals surface area contributed by atoms with Gasteiger partial charge >= 0.3 is 0 Å². The van der Waals surface area contributed by atoms with E-state index < -0.39 is 27.8 Å². The Hall–Kier alpha value is -4.51. The lowest BCUT2D eigenvalue weighted by Crippen LogP contribution is -2.31. The van der Waals surface area contributed by atoms with E-state index in [2.05, 4.69) is 10.6 Å². The van der Waals surface area contributed by atoms with E-state index in [0.29, 0.717) is 22.3 Å². The molecule has 0 saturated heterocycles. The van der Waals surface area contributed by atoms with Crippen molar-refractivity contribution < 1.29 is 27.4 Å². The Morgan fingerprint density at radius 2 is 1.57 bits per heavy atom. The molecule has 0 fully saturated rings. The molecule has 1 aliphatic heterocycles. The lowest BCUT2D eigenvalue weighted by atomic mass is 10.1. The fraction of sp³-hybridized carbons (Fsp3) is 0.0690. The molecule has 202 valence electrons. The molecule has 9 nitrogen and oxygen atoms in total. The van der Waals surface area contributed by atoms with Crippen LogP contribution < -0.4 is 10.6 Å². The first-order valence-corrected chi connectivity index (χ1v) is 13.8. The molecule has 1 aliphatic rings. The van der Waals surface area contributed by atoms with Gasteiger partial charge in [0.05, 0.1) is 11.4 Å². The van der Waals surface area contributed by atoms with Gasteiger partial charge in [-0.15, -0.1) is 0 Å². The first-order valence-electron chi connectivity index (χ1n) is 12.0. The number of hydrogen-bond donors (Lipinski definition) is 2. The van der Waals surface area contributed by atoms with Crippen LogP contribution in [0.3, 0.4) is 0 Å². The SMILES string of the molecule is Cc1ccc(C(=O)Nc2cccc3c(S(=O)(=O)[O-])cccc23)cc1NC1=C(Cl)C(=O)N(Cc2ccccc2)C1=O. The zero-order valence-corrected chi connectivity index (χ0v) is 22.5. The molecule has 0 unspecified atom stereocenters. The molecule has 4 aromatic carbocycles. The average Bonchev–Trinajstić information content (AvgIpc) is 3.12. The van der Waals surface area contributed by atoms with E-state index in [-0.39, 0.29) is 33.1 Å². The maximum atomic E-state index is 13.2. The van der Waals surface area contributed by atoms with E-state index in [1.54, 1.807) is 55.5 Å². The van der Waals surface area contributed by atoms with Crippen LogP contribution in [0.15, 0.2) is 101 Å². The Bertz CT molecular complexity index is 1840. The first-order chi connectivity index (χ1) is 19.0. The van der Waals surface area contributed by atoms with Crippen molar-refractivity contribution in [3.05, 3.63) is 112 Å². The number of halogens is 1.